The predicted octanol–water partition coefficient (Wildman–Crippen LogP) is 5.75. The standard InChI is InChI=1S/C36H53N3O10/c1-26(49-39(41)42)20-30-22-31(29-11-8-27(9-12-29)24-45-19-18-44-6)34(23-38(30)35(40)48-36(2,3)4)47-25-28-10-13-33-32(21-28)37(15-17-46-33)14-7-16-43-5/h8-13,21,26,30-31,34H,7,14-20,22-25H2,1-6H3/t26-,30+,31-,34+/m1/s1. The molecule has 49 heavy (non-hydrogen) atoms. The Morgan fingerprint density at radius 2 is 1.78 bits per heavy atom. The highest BCUT2D eigenvalue weighted by molar-refractivity contribution is 5.69. The molecular formula is C36H53N3O10. The molecule has 0 N–H and O–H groups in total. The number of hydrogen-bond donors (Lipinski definition) is 0. The fourth-order valence-electron chi connectivity index (χ4n) is 6.34. The van der Waals surface area contributed by atoms with Gasteiger partial charge in [-0.25, -0.2) is 4.79 Å². The van der Waals surface area contributed by atoms with Crippen LogP contribution >= 0.6 is 0 Å². The molecule has 13 nitrogen and oxygen atoms in total. The highest BCUT2D eigenvalue weighted by atomic mass is 17.0. The van der Waals surface area contributed by atoms with Crippen LogP contribution in [0.25, 0.3) is 0 Å². The normalized spacial score (nSPS) is 19.9. The number of amides is 1. The van der Waals surface area contributed by atoms with Crippen LogP contribution in [-0.2, 0) is 41.7 Å². The summed E-state index contributed by atoms with van der Waals surface area (Å²) in [7, 11) is 3.35. The van der Waals surface area contributed by atoms with Crippen molar-refractivity contribution in [3.63, 3.8) is 0 Å². The van der Waals surface area contributed by atoms with Crippen LogP contribution in [0.2, 0.25) is 0 Å². The van der Waals surface area contributed by atoms with Gasteiger partial charge in [0.2, 0.25) is 0 Å². The minimum atomic E-state index is -0.787. The van der Waals surface area contributed by atoms with Crippen LogP contribution in [0, 0.1) is 10.1 Å². The van der Waals surface area contributed by atoms with E-state index in [-0.39, 0.29) is 31.0 Å². The van der Waals surface area contributed by atoms with Crippen molar-refractivity contribution >= 4 is 11.8 Å². The molecule has 2 heterocycles. The van der Waals surface area contributed by atoms with Gasteiger partial charge >= 0.3 is 6.09 Å². The molecule has 0 spiro atoms. The van der Waals surface area contributed by atoms with E-state index in [0.29, 0.717) is 46.1 Å². The number of rotatable bonds is 17. The van der Waals surface area contributed by atoms with Gasteiger partial charge in [0.05, 0.1) is 51.3 Å². The first kappa shape index (κ1) is 38.2. The Balaban J connectivity index is 1.59. The monoisotopic (exact) mass is 687 g/mol. The van der Waals surface area contributed by atoms with E-state index in [2.05, 4.69) is 23.1 Å². The molecule has 2 aliphatic heterocycles. The van der Waals surface area contributed by atoms with Crippen LogP contribution in [0.1, 0.15) is 69.6 Å². The number of likely N-dealkylation sites (tertiary alicyclic amines) is 1. The zero-order chi connectivity index (χ0) is 35.4. The lowest BCUT2D eigenvalue weighted by molar-refractivity contribution is -0.768. The topological polar surface area (TPSA) is 131 Å². The Morgan fingerprint density at radius 1 is 1.04 bits per heavy atom. The smallest absolute Gasteiger partial charge is 0.410 e. The lowest BCUT2D eigenvalue weighted by atomic mass is 9.81. The van der Waals surface area contributed by atoms with Crippen molar-refractivity contribution in [2.24, 2.45) is 0 Å². The molecule has 272 valence electrons. The number of piperidine rings is 1. The van der Waals surface area contributed by atoms with Crippen molar-refractivity contribution in [3.8, 4) is 5.75 Å². The summed E-state index contributed by atoms with van der Waals surface area (Å²) in [5.74, 6) is 0.737. The van der Waals surface area contributed by atoms with E-state index in [1.807, 2.05) is 45.0 Å². The third-order valence-electron chi connectivity index (χ3n) is 8.62. The van der Waals surface area contributed by atoms with Gasteiger partial charge in [0.15, 0.2) is 0 Å². The highest BCUT2D eigenvalue weighted by Gasteiger charge is 2.41. The summed E-state index contributed by atoms with van der Waals surface area (Å²) in [5.41, 5.74) is 3.37. The number of nitrogens with zero attached hydrogens (tertiary/aromatic N) is 3. The Hall–Kier alpha value is -3.65. The molecule has 4 rings (SSSR count). The van der Waals surface area contributed by atoms with E-state index in [1.54, 1.807) is 26.0 Å². The molecule has 1 saturated heterocycles. The first-order chi connectivity index (χ1) is 23.5. The summed E-state index contributed by atoms with van der Waals surface area (Å²) in [5, 5.41) is 10.4. The second-order valence-electron chi connectivity index (χ2n) is 13.6. The largest absolute Gasteiger partial charge is 0.490 e. The number of carbonyl (C=O) groups excluding carboxylic acids is 1. The van der Waals surface area contributed by atoms with Crippen LogP contribution < -0.4 is 9.64 Å². The number of fused-ring (bicyclic) bond motifs is 1. The van der Waals surface area contributed by atoms with Crippen molar-refractivity contribution in [2.45, 2.75) is 89.9 Å². The number of methoxy groups -OCH3 is 2. The minimum Gasteiger partial charge on any atom is -0.490 e. The van der Waals surface area contributed by atoms with E-state index >= 15 is 0 Å². The van der Waals surface area contributed by atoms with Crippen molar-refractivity contribution in [1.29, 1.82) is 0 Å². The lowest BCUT2D eigenvalue weighted by Crippen LogP contribution is -2.54. The van der Waals surface area contributed by atoms with Crippen LogP contribution in [0.4, 0.5) is 10.5 Å². The van der Waals surface area contributed by atoms with Crippen LogP contribution in [0.5, 0.6) is 5.75 Å². The summed E-state index contributed by atoms with van der Waals surface area (Å²) in [6.45, 7) is 12.1. The summed E-state index contributed by atoms with van der Waals surface area (Å²) >= 11 is 0. The molecule has 0 radical (unpaired) electrons. The highest BCUT2D eigenvalue weighted by Crippen LogP contribution is 2.38. The lowest BCUT2D eigenvalue weighted by Gasteiger charge is -2.45. The van der Waals surface area contributed by atoms with Gasteiger partial charge in [0.25, 0.3) is 5.09 Å². The molecule has 0 aliphatic carbocycles. The molecule has 2 aliphatic rings. The van der Waals surface area contributed by atoms with Crippen molar-refractivity contribution in [1.82, 2.24) is 4.90 Å². The molecule has 2 aromatic rings. The molecule has 1 amide bonds. The maximum Gasteiger partial charge on any atom is 0.410 e. The number of carbonyl (C=O) groups is 1. The summed E-state index contributed by atoms with van der Waals surface area (Å²) in [6, 6.07) is 13.9. The number of hydrogen-bond acceptors (Lipinski definition) is 11. The summed E-state index contributed by atoms with van der Waals surface area (Å²) in [4.78, 5) is 33.6. The molecule has 0 unspecified atom stereocenters. The fourth-order valence-corrected chi connectivity index (χ4v) is 6.34. The Bertz CT molecular complexity index is 1340. The van der Waals surface area contributed by atoms with E-state index in [0.717, 1.165) is 47.6 Å². The fraction of sp³-hybridized carbons (Fsp3) is 0.639. The van der Waals surface area contributed by atoms with Crippen molar-refractivity contribution in [2.75, 3.05) is 65.2 Å². The summed E-state index contributed by atoms with van der Waals surface area (Å²) < 4.78 is 34.5. The van der Waals surface area contributed by atoms with Crippen LogP contribution in [0.3, 0.4) is 0 Å². The SMILES string of the molecule is COCCCN1CCOc2ccc(CO[C@H]3CN(C(=O)OC(C)(C)C)[C@@H](C[C@@H](C)O[N+](=O)[O-])C[C@@H]3c3ccc(COCCOC)cc3)cc21. The van der Waals surface area contributed by atoms with Gasteiger partial charge in [0.1, 0.15) is 24.1 Å². The first-order valence-electron chi connectivity index (χ1n) is 17.0. The third-order valence-corrected chi connectivity index (χ3v) is 8.62. The number of anilines is 1. The first-order valence-corrected chi connectivity index (χ1v) is 17.0. The second-order valence-corrected chi connectivity index (χ2v) is 13.6. The summed E-state index contributed by atoms with van der Waals surface area (Å²) in [6.07, 6.45) is 0.0802. The molecule has 0 bridgehead atoms. The third kappa shape index (κ3) is 11.7. The molecule has 0 saturated carbocycles. The molecule has 0 aromatic heterocycles. The number of benzene rings is 2. The van der Waals surface area contributed by atoms with Gasteiger partial charge in [-0.05, 0) is 75.8 Å². The van der Waals surface area contributed by atoms with Gasteiger partial charge in [-0.1, -0.05) is 30.3 Å². The predicted molar refractivity (Wildman–Crippen MR) is 183 cm³/mol. The minimum absolute atomic E-state index is 0.110. The van der Waals surface area contributed by atoms with Crippen LogP contribution in [-0.4, -0.2) is 100 Å². The second kappa shape index (κ2) is 18.4. The molecular weight excluding hydrogens is 634 g/mol. The Kier molecular flexibility index (Phi) is 14.3. The van der Waals surface area contributed by atoms with Crippen molar-refractivity contribution < 1.29 is 43.1 Å². The zero-order valence-electron chi connectivity index (χ0n) is 29.8. The molecule has 1 fully saturated rings. The van der Waals surface area contributed by atoms with Gasteiger partial charge < -0.3 is 43.1 Å². The van der Waals surface area contributed by atoms with E-state index in [1.165, 1.54) is 0 Å². The van der Waals surface area contributed by atoms with Gasteiger partial charge in [-0.3, -0.25) is 0 Å². The quantitative estimate of drug-likeness (QED) is 0.114. The molecule has 13 heteroatoms. The zero-order valence-corrected chi connectivity index (χ0v) is 29.8. The van der Waals surface area contributed by atoms with E-state index in [9.17, 15) is 14.9 Å². The van der Waals surface area contributed by atoms with E-state index in [4.69, 9.17) is 33.3 Å². The molecule has 2 aromatic carbocycles. The van der Waals surface area contributed by atoms with E-state index < -0.39 is 22.9 Å². The maximum absolute atomic E-state index is 13.6. The van der Waals surface area contributed by atoms with Gasteiger partial charge in [0, 0.05) is 39.3 Å². The Morgan fingerprint density at radius 3 is 2.47 bits per heavy atom. The van der Waals surface area contributed by atoms with Gasteiger partial charge in [-0.15, -0.1) is 10.1 Å². The van der Waals surface area contributed by atoms with Crippen LogP contribution in [0.15, 0.2) is 42.5 Å². The number of ether oxygens (including phenoxy) is 6. The maximum atomic E-state index is 13.6. The Labute approximate surface area is 289 Å². The molecule has 4 atom stereocenters. The van der Waals surface area contributed by atoms with Gasteiger partial charge in [-0.2, -0.15) is 0 Å². The average molecular weight is 688 g/mol. The average Bonchev–Trinajstić information content (AvgIpc) is 3.05. The van der Waals surface area contributed by atoms with Crippen molar-refractivity contribution in [3.05, 3.63) is 69.3 Å².